The Balaban J connectivity index is 1.83. The summed E-state index contributed by atoms with van der Waals surface area (Å²) in [6.07, 6.45) is 3.79. The highest BCUT2D eigenvalue weighted by Gasteiger charge is 2.39. The number of carbonyl (C=O) groups is 2. The number of unbranched alkanes of at least 4 members (excludes halogenated alkanes) is 5. The van der Waals surface area contributed by atoms with Gasteiger partial charge in [0.25, 0.3) is 8.53 Å². The zero-order valence-corrected chi connectivity index (χ0v) is 40.1. The number of nitrogens with one attached hydrogen (secondary N) is 2. The van der Waals surface area contributed by atoms with Crippen LogP contribution in [0.25, 0.3) is 9.69 Å². The molecule has 356 valence electrons. The first-order valence-electron chi connectivity index (χ1n) is 22.3. The van der Waals surface area contributed by atoms with Crippen LogP contribution in [0.1, 0.15) is 95.8 Å². The van der Waals surface area contributed by atoms with E-state index < -0.39 is 26.3 Å². The smallest absolute Gasteiger partial charge is 0.414 e. The summed E-state index contributed by atoms with van der Waals surface area (Å²) in [7, 11) is 1.73. The fraction of sp³-hybridized carbons (Fsp3) is 0.510. The highest BCUT2D eigenvalue weighted by molar-refractivity contribution is 7.44. The molecule has 2 N–H and O–H groups in total. The molecule has 0 aliphatic heterocycles. The Kier molecular flexibility index (Phi) is 25.8. The molecule has 0 saturated heterocycles. The van der Waals surface area contributed by atoms with Crippen LogP contribution < -0.4 is 20.1 Å². The lowest BCUT2D eigenvalue weighted by molar-refractivity contribution is -0.0367. The van der Waals surface area contributed by atoms with Crippen LogP contribution in [-0.4, -0.2) is 101 Å². The number of aliphatic imine (C=N–C) groups is 1. The summed E-state index contributed by atoms with van der Waals surface area (Å²) in [5, 5.41) is 13.5. The molecule has 0 heterocycles. The van der Waals surface area contributed by atoms with Crippen molar-refractivity contribution in [3.63, 3.8) is 0 Å². The molecule has 2 unspecified atom stereocenters. The van der Waals surface area contributed by atoms with E-state index in [0.717, 1.165) is 60.3 Å². The van der Waals surface area contributed by atoms with Crippen molar-refractivity contribution >= 4 is 26.7 Å². The zero-order valence-electron chi connectivity index (χ0n) is 39.2. The number of hydrogen-bond acceptors (Lipinski definition) is 12. The predicted molar refractivity (Wildman–Crippen MR) is 255 cm³/mol. The van der Waals surface area contributed by atoms with Gasteiger partial charge in [0.15, 0.2) is 6.61 Å². The molecule has 0 bridgehead atoms. The van der Waals surface area contributed by atoms with Crippen LogP contribution in [0.5, 0.6) is 11.5 Å². The van der Waals surface area contributed by atoms with Gasteiger partial charge in [0.05, 0.1) is 39.4 Å². The molecule has 3 rings (SSSR count). The maximum atomic E-state index is 12.2. The van der Waals surface area contributed by atoms with E-state index in [1.807, 2.05) is 72.8 Å². The first-order valence-corrected chi connectivity index (χ1v) is 23.5. The van der Waals surface area contributed by atoms with Crippen molar-refractivity contribution in [1.29, 1.82) is 5.26 Å². The lowest BCUT2D eigenvalue weighted by Crippen LogP contribution is -2.44. The van der Waals surface area contributed by atoms with Crippen molar-refractivity contribution in [3.05, 3.63) is 118 Å². The Morgan fingerprint density at radius 1 is 0.742 bits per heavy atom. The largest absolute Gasteiger partial charge is 0.497 e. The Hall–Kier alpha value is -5.79. The molecule has 3 aromatic rings. The minimum Gasteiger partial charge on any atom is -0.497 e. The standard InChI is InChI=1S/C49H66N7O9P/c1-38(2)56(39(3)4)66(64-36-33-52-6)65-45(21-16-11-9-10-12-17-31-53-46(54-47(57)61-34-18-30-50)55-48(58)62-35-32-51-5)37-63-49(40-19-14-13-15-20-40,41-22-26-43(59-7)27-23-41)42-24-28-44(60-8)29-25-42/h13-15,19-20,22-29,38-39,45H,9-12,16-18,21,31-37H2,1-4,7-8H3,(H2,53,54,55,57,58). The van der Waals surface area contributed by atoms with Crippen molar-refractivity contribution in [1.82, 2.24) is 15.3 Å². The molecule has 66 heavy (non-hydrogen) atoms. The van der Waals surface area contributed by atoms with E-state index >= 15 is 0 Å². The van der Waals surface area contributed by atoms with E-state index in [1.165, 1.54) is 0 Å². The molecular formula is C49H66N7O9P. The molecule has 0 saturated carbocycles. The van der Waals surface area contributed by atoms with E-state index in [2.05, 4.69) is 69.8 Å². The molecule has 16 nitrogen and oxygen atoms in total. The van der Waals surface area contributed by atoms with Crippen LogP contribution in [0.2, 0.25) is 0 Å². The first-order chi connectivity index (χ1) is 32.0. The van der Waals surface area contributed by atoms with Crippen LogP contribution in [0.4, 0.5) is 9.59 Å². The van der Waals surface area contributed by atoms with Gasteiger partial charge in [-0.25, -0.2) is 27.4 Å². The van der Waals surface area contributed by atoms with Crippen LogP contribution in [0.15, 0.2) is 83.9 Å². The number of rotatable bonds is 29. The fourth-order valence-corrected chi connectivity index (χ4v) is 8.72. The van der Waals surface area contributed by atoms with Gasteiger partial charge in [-0.2, -0.15) is 5.26 Å². The van der Waals surface area contributed by atoms with E-state index in [-0.39, 0.29) is 70.1 Å². The minimum atomic E-state index is -1.57. The van der Waals surface area contributed by atoms with Gasteiger partial charge >= 0.3 is 12.2 Å². The summed E-state index contributed by atoms with van der Waals surface area (Å²) < 4.78 is 44.0. The van der Waals surface area contributed by atoms with Crippen molar-refractivity contribution in [3.8, 4) is 17.6 Å². The van der Waals surface area contributed by atoms with Crippen LogP contribution in [0.3, 0.4) is 0 Å². The third-order valence-electron chi connectivity index (χ3n) is 10.1. The van der Waals surface area contributed by atoms with Crippen molar-refractivity contribution in [2.75, 3.05) is 60.3 Å². The Bertz CT molecular complexity index is 1930. The number of nitrogens with zero attached hydrogens (tertiary/aromatic N) is 5. The first kappa shape index (κ1) is 54.5. The predicted octanol–water partition coefficient (Wildman–Crippen LogP) is 10.1. The number of alkyl carbamates (subject to hydrolysis) is 2. The summed E-state index contributed by atoms with van der Waals surface area (Å²) >= 11 is 0. The topological polar surface area (TPSA) is 171 Å². The number of methoxy groups -OCH3 is 2. The van der Waals surface area contributed by atoms with Gasteiger partial charge in [0.2, 0.25) is 19.0 Å². The quantitative estimate of drug-likeness (QED) is 0.0170. The molecule has 0 radical (unpaired) electrons. The average Bonchev–Trinajstić information content (AvgIpc) is 3.31. The Morgan fingerprint density at radius 2 is 1.26 bits per heavy atom. The van der Waals surface area contributed by atoms with E-state index in [4.69, 9.17) is 51.1 Å². The SMILES string of the molecule is [C-]#[N+]CCOC(=O)NC(=NCCCCCCCCC(COC(c1ccccc1)(c1ccc(OC)cc1)c1ccc(OC)cc1)OP(OCC[N+]#[C-])N(C(C)C)C(C)C)NC(=O)OCCC#N. The molecule has 17 heteroatoms. The number of amides is 2. The van der Waals surface area contributed by atoms with E-state index in [1.54, 1.807) is 14.2 Å². The number of guanidine groups is 1. The van der Waals surface area contributed by atoms with Crippen LogP contribution >= 0.6 is 8.53 Å². The highest BCUT2D eigenvalue weighted by Crippen LogP contribution is 2.48. The average molecular weight is 928 g/mol. The van der Waals surface area contributed by atoms with E-state index in [0.29, 0.717) is 19.4 Å². The fourth-order valence-electron chi connectivity index (χ4n) is 7.01. The highest BCUT2D eigenvalue weighted by atomic mass is 31.2. The third-order valence-corrected chi connectivity index (χ3v) is 12.3. The van der Waals surface area contributed by atoms with Crippen molar-refractivity contribution < 1.29 is 42.3 Å². The van der Waals surface area contributed by atoms with Gasteiger partial charge in [0, 0.05) is 18.6 Å². The summed E-state index contributed by atoms with van der Waals surface area (Å²) in [5.41, 5.74) is 1.72. The molecule has 0 fully saturated rings. The van der Waals surface area contributed by atoms with Gasteiger partial charge in [-0.1, -0.05) is 86.7 Å². The molecule has 0 aliphatic carbocycles. The van der Waals surface area contributed by atoms with Gasteiger partial charge in [-0.3, -0.25) is 15.6 Å². The second kappa shape index (κ2) is 31.2. The monoisotopic (exact) mass is 927 g/mol. The lowest BCUT2D eigenvalue weighted by atomic mass is 9.80. The van der Waals surface area contributed by atoms with Gasteiger partial charge in [-0.15, -0.1) is 0 Å². The van der Waals surface area contributed by atoms with Gasteiger partial charge in [0.1, 0.15) is 30.3 Å². The van der Waals surface area contributed by atoms with Gasteiger partial charge in [-0.05, 0) is 81.5 Å². The number of nitriles is 1. The maximum Gasteiger partial charge on any atom is 0.414 e. The van der Waals surface area contributed by atoms with E-state index in [9.17, 15) is 9.59 Å². The second-order valence-corrected chi connectivity index (χ2v) is 16.9. The molecule has 3 aromatic carbocycles. The summed E-state index contributed by atoms with van der Waals surface area (Å²) in [5.74, 6) is 1.32. The molecular weight excluding hydrogens is 862 g/mol. The maximum absolute atomic E-state index is 12.2. The van der Waals surface area contributed by atoms with Crippen LogP contribution in [0, 0.1) is 24.5 Å². The molecule has 0 spiro atoms. The summed E-state index contributed by atoms with van der Waals surface area (Å²) in [4.78, 5) is 35.4. The number of ether oxygens (including phenoxy) is 5. The summed E-state index contributed by atoms with van der Waals surface area (Å²) in [6, 6.07) is 28.2. The molecule has 0 aliphatic rings. The minimum absolute atomic E-state index is 0.00391. The Morgan fingerprint density at radius 3 is 1.79 bits per heavy atom. The lowest BCUT2D eigenvalue weighted by Gasteiger charge is -2.39. The molecule has 2 amide bonds. The number of benzene rings is 3. The zero-order chi connectivity index (χ0) is 48.0. The normalized spacial score (nSPS) is 12.4. The third kappa shape index (κ3) is 18.6. The summed E-state index contributed by atoms with van der Waals surface area (Å²) in [6.45, 7) is 23.5. The van der Waals surface area contributed by atoms with Gasteiger partial charge < -0.3 is 42.4 Å². The molecule has 0 aromatic heterocycles. The molecule has 2 atom stereocenters. The van der Waals surface area contributed by atoms with Crippen molar-refractivity contribution in [2.24, 2.45) is 4.99 Å². The van der Waals surface area contributed by atoms with Crippen LogP contribution in [-0.2, 0) is 28.9 Å². The number of hydrogen-bond donors (Lipinski definition) is 2. The second-order valence-electron chi connectivity index (χ2n) is 15.5. The van der Waals surface area contributed by atoms with Crippen molar-refractivity contribution in [2.45, 2.75) is 103 Å². The Labute approximate surface area is 392 Å². The number of carbonyl (C=O) groups excluding carboxylic acids is 2.